The molecule has 5 heteroatoms. The number of aromatic nitrogens is 3. The topological polar surface area (TPSA) is 47.8 Å². The van der Waals surface area contributed by atoms with Gasteiger partial charge in [0, 0.05) is 12.0 Å². The van der Waals surface area contributed by atoms with E-state index < -0.39 is 0 Å². The summed E-state index contributed by atoms with van der Waals surface area (Å²) in [5.41, 5.74) is 1.42. The van der Waals surface area contributed by atoms with Gasteiger partial charge in [-0.3, -0.25) is 4.79 Å². The summed E-state index contributed by atoms with van der Waals surface area (Å²) in [5, 5.41) is 8.35. The van der Waals surface area contributed by atoms with Crippen molar-refractivity contribution in [3.05, 3.63) is 24.0 Å². The molecule has 5 saturated carbocycles. The van der Waals surface area contributed by atoms with Gasteiger partial charge in [0.25, 0.3) is 0 Å². The van der Waals surface area contributed by atoms with E-state index in [4.69, 9.17) is 0 Å². The second kappa shape index (κ2) is 7.36. The summed E-state index contributed by atoms with van der Waals surface area (Å²) in [7, 11) is 0. The quantitative estimate of drug-likeness (QED) is 0.549. The Morgan fingerprint density at radius 3 is 2.76 bits per heavy atom. The van der Waals surface area contributed by atoms with Gasteiger partial charge in [-0.15, -0.1) is 5.10 Å². The molecule has 0 aliphatic heterocycles. The van der Waals surface area contributed by atoms with E-state index >= 15 is 0 Å². The number of benzene rings is 1. The van der Waals surface area contributed by atoms with Crippen LogP contribution < -0.4 is 0 Å². The molecule has 1 aromatic heterocycles. The highest BCUT2D eigenvalue weighted by Gasteiger charge is 2.73. The van der Waals surface area contributed by atoms with Gasteiger partial charge in [0.1, 0.15) is 17.9 Å². The van der Waals surface area contributed by atoms with Gasteiger partial charge in [0.05, 0.1) is 5.52 Å². The van der Waals surface area contributed by atoms with Crippen molar-refractivity contribution < 1.29 is 9.18 Å². The van der Waals surface area contributed by atoms with Crippen molar-refractivity contribution in [3.63, 3.8) is 0 Å². The van der Waals surface area contributed by atoms with Gasteiger partial charge >= 0.3 is 0 Å². The molecule has 182 valence electrons. The Bertz CT molecular complexity index is 1140. The zero-order valence-corrected chi connectivity index (χ0v) is 20.8. The lowest BCUT2D eigenvalue weighted by atomic mass is 9.47. The van der Waals surface area contributed by atoms with E-state index in [0.29, 0.717) is 23.1 Å². The van der Waals surface area contributed by atoms with Crippen LogP contribution in [0.1, 0.15) is 65.7 Å². The lowest BCUT2D eigenvalue weighted by Gasteiger charge is -2.57. The minimum absolute atomic E-state index is 0.136. The third-order valence-corrected chi connectivity index (χ3v) is 11.7. The molecule has 0 amide bonds. The van der Waals surface area contributed by atoms with Crippen molar-refractivity contribution in [1.29, 1.82) is 0 Å². The zero-order valence-electron chi connectivity index (χ0n) is 20.8. The number of carbonyl (C=O) groups excluding carboxylic acids is 1. The molecule has 0 bridgehead atoms. The highest BCUT2D eigenvalue weighted by molar-refractivity contribution is 5.85. The monoisotopic (exact) mass is 463 g/mol. The van der Waals surface area contributed by atoms with Crippen molar-refractivity contribution in [3.8, 4) is 0 Å². The van der Waals surface area contributed by atoms with Crippen LogP contribution in [0, 0.1) is 70.4 Å². The number of hydrogen-bond donors (Lipinski definition) is 0. The smallest absolute Gasteiger partial charge is 0.158 e. The maximum atomic E-state index is 13.9. The number of rotatable bonds is 3. The van der Waals surface area contributed by atoms with Crippen LogP contribution in [-0.2, 0) is 11.3 Å². The van der Waals surface area contributed by atoms with Crippen LogP contribution in [0.4, 0.5) is 4.39 Å². The molecule has 1 heterocycles. The SMILES string of the molecule is C[C@H]1CCC2C3CC[C@@]4(C)C([C@@H]3CC[C@@H]2C1)[C@@H]1[C@H](C)[C@@H]1[C@@H]4C(=O)Cn1nnc2cc(F)ccc21. The Labute approximate surface area is 202 Å². The van der Waals surface area contributed by atoms with Gasteiger partial charge in [-0.2, -0.15) is 0 Å². The predicted octanol–water partition coefficient (Wildman–Crippen LogP) is 6.15. The van der Waals surface area contributed by atoms with Gasteiger partial charge in [0.2, 0.25) is 0 Å². The van der Waals surface area contributed by atoms with Crippen molar-refractivity contribution in [2.75, 3.05) is 0 Å². The van der Waals surface area contributed by atoms with Crippen LogP contribution in [-0.4, -0.2) is 20.8 Å². The van der Waals surface area contributed by atoms with Crippen molar-refractivity contribution in [2.45, 2.75) is 72.3 Å². The summed E-state index contributed by atoms with van der Waals surface area (Å²) in [6.45, 7) is 7.60. The van der Waals surface area contributed by atoms with Gasteiger partial charge in [0.15, 0.2) is 5.78 Å². The first kappa shape index (κ1) is 21.5. The summed E-state index contributed by atoms with van der Waals surface area (Å²) in [6.07, 6.45) is 9.69. The Morgan fingerprint density at radius 2 is 1.91 bits per heavy atom. The molecule has 2 aromatic rings. The summed E-state index contributed by atoms with van der Waals surface area (Å²) in [4.78, 5) is 13.9. The third-order valence-electron chi connectivity index (χ3n) is 11.7. The molecule has 5 aliphatic rings. The summed E-state index contributed by atoms with van der Waals surface area (Å²) < 4.78 is 15.3. The number of halogens is 1. The summed E-state index contributed by atoms with van der Waals surface area (Å²) >= 11 is 0. The van der Waals surface area contributed by atoms with Gasteiger partial charge < -0.3 is 0 Å². The molecule has 3 unspecified atom stereocenters. The Balaban J connectivity index is 1.16. The fraction of sp³-hybridized carbons (Fsp3) is 0.759. The van der Waals surface area contributed by atoms with E-state index in [1.54, 1.807) is 10.7 Å². The normalized spacial score (nSPS) is 46.9. The highest BCUT2D eigenvalue weighted by Crippen LogP contribution is 2.76. The van der Waals surface area contributed by atoms with Crippen molar-refractivity contribution >= 4 is 16.8 Å². The molecular formula is C29H38FN3O. The second-order valence-electron chi connectivity index (χ2n) is 13.2. The number of ketones is 1. The number of nitrogens with zero attached hydrogens (tertiary/aromatic N) is 3. The van der Waals surface area contributed by atoms with Crippen LogP contribution in [0.2, 0.25) is 0 Å². The lowest BCUT2D eigenvalue weighted by Crippen LogP contribution is -2.51. The summed E-state index contributed by atoms with van der Waals surface area (Å²) in [5.74, 6) is 7.42. The van der Waals surface area contributed by atoms with E-state index in [1.807, 2.05) is 0 Å². The second-order valence-corrected chi connectivity index (χ2v) is 13.2. The maximum Gasteiger partial charge on any atom is 0.158 e. The molecule has 7 rings (SSSR count). The first-order chi connectivity index (χ1) is 16.4. The maximum absolute atomic E-state index is 13.9. The molecular weight excluding hydrogens is 425 g/mol. The Morgan fingerprint density at radius 1 is 1.09 bits per heavy atom. The first-order valence-corrected chi connectivity index (χ1v) is 13.9. The van der Waals surface area contributed by atoms with Crippen LogP contribution in [0.3, 0.4) is 0 Å². The van der Waals surface area contributed by atoms with E-state index in [9.17, 15) is 9.18 Å². The van der Waals surface area contributed by atoms with Gasteiger partial charge in [-0.1, -0.05) is 32.4 Å². The number of hydrogen-bond acceptors (Lipinski definition) is 3. The Kier molecular flexibility index (Phi) is 4.66. The zero-order chi connectivity index (χ0) is 23.4. The molecule has 0 saturated heterocycles. The standard InChI is InChI=1S/C29H38FN3O/c1-15-4-7-19-17(12-15)5-8-21-20(19)10-11-29(3)27(21)25-16(2)26(25)28(29)24(34)14-33-23-9-6-18(30)13-22(23)31-32-33/h6,9,13,15-17,19-21,25-28H,4-5,7-8,10-12,14H2,1-3H3/t15-,16-,17+,19?,20?,21+,25+,26-,27?,28-,29-/m0/s1. The fourth-order valence-corrected chi connectivity index (χ4v) is 10.4. The molecule has 0 N–H and O–H groups in total. The lowest BCUT2D eigenvalue weighted by molar-refractivity contribution is -0.135. The molecule has 11 atom stereocenters. The van der Waals surface area contributed by atoms with E-state index in [-0.39, 0.29) is 23.7 Å². The van der Waals surface area contributed by atoms with E-state index in [1.165, 1.54) is 57.1 Å². The summed E-state index contributed by atoms with van der Waals surface area (Å²) in [6, 6.07) is 4.54. The van der Waals surface area contributed by atoms with Crippen molar-refractivity contribution in [1.82, 2.24) is 15.0 Å². The van der Waals surface area contributed by atoms with Gasteiger partial charge in [-0.25, -0.2) is 9.07 Å². The molecule has 5 fully saturated rings. The average Bonchev–Trinajstić information content (AvgIpc) is 3.14. The van der Waals surface area contributed by atoms with Crippen LogP contribution in [0.25, 0.3) is 11.0 Å². The molecule has 5 aliphatic carbocycles. The minimum Gasteiger partial charge on any atom is -0.297 e. The highest BCUT2D eigenvalue weighted by atomic mass is 19.1. The van der Waals surface area contributed by atoms with Gasteiger partial charge in [-0.05, 0) is 109 Å². The first-order valence-electron chi connectivity index (χ1n) is 13.9. The molecule has 1 aromatic carbocycles. The number of fused-ring (bicyclic) bond motifs is 8. The molecule has 0 radical (unpaired) electrons. The number of carbonyl (C=O) groups is 1. The third kappa shape index (κ3) is 2.91. The van der Waals surface area contributed by atoms with Crippen LogP contribution in [0.15, 0.2) is 18.2 Å². The van der Waals surface area contributed by atoms with Crippen LogP contribution >= 0.6 is 0 Å². The molecule has 34 heavy (non-hydrogen) atoms. The predicted molar refractivity (Wildman–Crippen MR) is 129 cm³/mol. The number of Topliss-reactive ketones (excluding diaryl/α,β-unsaturated/α-hetero) is 1. The average molecular weight is 464 g/mol. The van der Waals surface area contributed by atoms with Crippen LogP contribution in [0.5, 0.6) is 0 Å². The molecule has 0 spiro atoms. The fourth-order valence-electron chi connectivity index (χ4n) is 10.4. The molecule has 4 nitrogen and oxygen atoms in total. The van der Waals surface area contributed by atoms with Crippen molar-refractivity contribution in [2.24, 2.45) is 64.6 Å². The largest absolute Gasteiger partial charge is 0.297 e. The Hall–Kier alpha value is -1.78. The van der Waals surface area contributed by atoms with E-state index in [2.05, 4.69) is 31.1 Å². The minimum atomic E-state index is -0.314. The van der Waals surface area contributed by atoms with E-state index in [0.717, 1.165) is 46.9 Å².